The molecule has 0 amide bonds. The largest absolute Gasteiger partial charge is 0.322 e. The van der Waals surface area contributed by atoms with Crippen molar-refractivity contribution in [1.29, 1.82) is 0 Å². The van der Waals surface area contributed by atoms with E-state index < -0.39 is 6.04 Å². The number of halogens is 1. The van der Waals surface area contributed by atoms with Crippen LogP contribution in [-0.4, -0.2) is 14.5 Å². The number of hydrogen-bond acceptors (Lipinski definition) is 4. The monoisotopic (exact) mass is 314 g/mol. The minimum atomic E-state index is -0.407. The normalized spacial score (nSPS) is 12.5. The van der Waals surface area contributed by atoms with Crippen molar-refractivity contribution in [2.24, 2.45) is 5.73 Å². The maximum atomic E-state index is 13.0. The Hall–Kier alpha value is -2.24. The Morgan fingerprint density at radius 1 is 1.27 bits per heavy atom. The number of benzene rings is 1. The third-order valence-electron chi connectivity index (χ3n) is 3.50. The molecule has 2 heterocycles. The zero-order valence-electron chi connectivity index (χ0n) is 12.2. The number of nitrogens with zero attached hydrogens (tertiary/aromatic N) is 3. The summed E-state index contributed by atoms with van der Waals surface area (Å²) < 4.78 is 1.50. The van der Waals surface area contributed by atoms with Crippen LogP contribution in [-0.2, 0) is 0 Å². The van der Waals surface area contributed by atoms with Gasteiger partial charge in [0, 0.05) is 6.20 Å². The fourth-order valence-corrected chi connectivity index (χ4v) is 2.71. The number of aromatic nitrogens is 3. The van der Waals surface area contributed by atoms with Crippen LogP contribution in [0.4, 0.5) is 0 Å². The highest BCUT2D eigenvalue weighted by atomic mass is 35.5. The van der Waals surface area contributed by atoms with E-state index in [1.54, 1.807) is 37.4 Å². The summed E-state index contributed by atoms with van der Waals surface area (Å²) in [6, 6.07) is 8.39. The molecule has 3 rings (SSSR count). The van der Waals surface area contributed by atoms with Gasteiger partial charge in [0.1, 0.15) is 5.82 Å². The number of hydrogen-bond donors (Lipinski definition) is 1. The molecule has 1 atom stereocenters. The van der Waals surface area contributed by atoms with Crippen LogP contribution in [0.3, 0.4) is 0 Å². The zero-order valence-corrected chi connectivity index (χ0v) is 13.0. The standard InChI is InChI=1S/C16H15ClN4O/c1-9(18)15-20-12-6-3-5-11(17)14(12)16(22)21(15)13-7-4-8-19-10(13)2/h3-9H,18H2,1-2H3/t9-/m0/s1. The summed E-state index contributed by atoms with van der Waals surface area (Å²) in [7, 11) is 0. The predicted octanol–water partition coefficient (Wildman–Crippen LogP) is 2.76. The first-order chi connectivity index (χ1) is 10.5. The lowest BCUT2D eigenvalue weighted by Gasteiger charge is -2.17. The van der Waals surface area contributed by atoms with Crippen LogP contribution < -0.4 is 11.3 Å². The molecule has 0 bridgehead atoms. The highest BCUT2D eigenvalue weighted by Gasteiger charge is 2.18. The number of pyridine rings is 1. The van der Waals surface area contributed by atoms with Gasteiger partial charge in [-0.15, -0.1) is 0 Å². The molecular formula is C16H15ClN4O. The molecule has 2 N–H and O–H groups in total. The van der Waals surface area contributed by atoms with Gasteiger partial charge < -0.3 is 5.73 Å². The topological polar surface area (TPSA) is 73.8 Å². The van der Waals surface area contributed by atoms with Gasteiger partial charge in [-0.2, -0.15) is 0 Å². The van der Waals surface area contributed by atoms with Gasteiger partial charge in [0.25, 0.3) is 5.56 Å². The van der Waals surface area contributed by atoms with Crippen LogP contribution in [0.15, 0.2) is 41.3 Å². The van der Waals surface area contributed by atoms with Gasteiger partial charge in [0.05, 0.1) is 33.3 Å². The summed E-state index contributed by atoms with van der Waals surface area (Å²) >= 11 is 6.19. The van der Waals surface area contributed by atoms with Crippen molar-refractivity contribution >= 4 is 22.5 Å². The van der Waals surface area contributed by atoms with Crippen LogP contribution in [0, 0.1) is 6.92 Å². The molecule has 0 fully saturated rings. The van der Waals surface area contributed by atoms with Crippen LogP contribution in [0.5, 0.6) is 0 Å². The highest BCUT2D eigenvalue weighted by Crippen LogP contribution is 2.22. The van der Waals surface area contributed by atoms with E-state index in [4.69, 9.17) is 17.3 Å². The van der Waals surface area contributed by atoms with Crippen molar-refractivity contribution < 1.29 is 0 Å². The number of aryl methyl sites for hydroxylation is 1. The molecule has 0 aliphatic carbocycles. The van der Waals surface area contributed by atoms with Gasteiger partial charge in [-0.25, -0.2) is 4.98 Å². The van der Waals surface area contributed by atoms with Crippen molar-refractivity contribution in [2.45, 2.75) is 19.9 Å². The minimum absolute atomic E-state index is 0.237. The van der Waals surface area contributed by atoms with Gasteiger partial charge in [-0.05, 0) is 38.1 Å². The summed E-state index contributed by atoms with van der Waals surface area (Å²) in [5.74, 6) is 0.482. The van der Waals surface area contributed by atoms with Crippen molar-refractivity contribution in [3.05, 3.63) is 63.4 Å². The molecule has 6 heteroatoms. The Morgan fingerprint density at radius 2 is 2.05 bits per heavy atom. The van der Waals surface area contributed by atoms with Crippen molar-refractivity contribution in [3.63, 3.8) is 0 Å². The quantitative estimate of drug-likeness (QED) is 0.789. The molecule has 0 saturated heterocycles. The molecule has 3 aromatic rings. The molecule has 0 aliphatic heterocycles. The van der Waals surface area contributed by atoms with Gasteiger partial charge >= 0.3 is 0 Å². The first-order valence-electron chi connectivity index (χ1n) is 6.89. The molecule has 0 aliphatic rings. The first-order valence-corrected chi connectivity index (χ1v) is 7.27. The lowest BCUT2D eigenvalue weighted by Crippen LogP contribution is -2.28. The van der Waals surface area contributed by atoms with Crippen molar-refractivity contribution in [3.8, 4) is 5.69 Å². The Balaban J connectivity index is 2.50. The van der Waals surface area contributed by atoms with Gasteiger partial charge in [0.2, 0.25) is 0 Å². The minimum Gasteiger partial charge on any atom is -0.322 e. The lowest BCUT2D eigenvalue weighted by molar-refractivity contribution is 0.693. The van der Waals surface area contributed by atoms with Gasteiger partial charge in [0.15, 0.2) is 0 Å². The molecule has 112 valence electrons. The predicted molar refractivity (Wildman–Crippen MR) is 87.5 cm³/mol. The molecule has 5 nitrogen and oxygen atoms in total. The maximum Gasteiger partial charge on any atom is 0.267 e. The first kappa shape index (κ1) is 14.7. The average Bonchev–Trinajstić information content (AvgIpc) is 2.48. The Bertz CT molecular complexity index is 918. The van der Waals surface area contributed by atoms with E-state index >= 15 is 0 Å². The van der Waals surface area contributed by atoms with Crippen molar-refractivity contribution in [2.75, 3.05) is 0 Å². The van der Waals surface area contributed by atoms with Crippen LogP contribution in [0.25, 0.3) is 16.6 Å². The molecule has 2 aromatic heterocycles. The van der Waals surface area contributed by atoms with Gasteiger partial charge in [-0.1, -0.05) is 17.7 Å². The van der Waals surface area contributed by atoms with Crippen LogP contribution in [0.1, 0.15) is 24.5 Å². The summed E-state index contributed by atoms with van der Waals surface area (Å²) in [4.78, 5) is 21.8. The second-order valence-electron chi connectivity index (χ2n) is 5.14. The number of rotatable bonds is 2. The molecule has 0 unspecified atom stereocenters. The number of nitrogens with two attached hydrogens (primary N) is 1. The van der Waals surface area contributed by atoms with E-state index in [0.29, 0.717) is 27.4 Å². The highest BCUT2D eigenvalue weighted by molar-refractivity contribution is 6.35. The van der Waals surface area contributed by atoms with E-state index in [1.807, 2.05) is 13.0 Å². The summed E-state index contributed by atoms with van der Waals surface area (Å²) in [6.07, 6.45) is 1.68. The molecule has 1 aromatic carbocycles. The summed E-state index contributed by atoms with van der Waals surface area (Å²) in [5.41, 5.74) is 7.71. The van der Waals surface area contributed by atoms with Crippen molar-refractivity contribution in [1.82, 2.24) is 14.5 Å². The Morgan fingerprint density at radius 3 is 2.73 bits per heavy atom. The molecule has 0 saturated carbocycles. The molecule has 0 radical (unpaired) electrons. The van der Waals surface area contributed by atoms with E-state index in [9.17, 15) is 4.79 Å². The lowest BCUT2D eigenvalue weighted by atomic mass is 10.2. The number of fused-ring (bicyclic) bond motifs is 1. The molecular weight excluding hydrogens is 300 g/mol. The fraction of sp³-hybridized carbons (Fsp3) is 0.188. The third kappa shape index (κ3) is 2.28. The smallest absolute Gasteiger partial charge is 0.267 e. The van der Waals surface area contributed by atoms with Crippen LogP contribution in [0.2, 0.25) is 5.02 Å². The fourth-order valence-electron chi connectivity index (χ4n) is 2.46. The average molecular weight is 315 g/mol. The second kappa shape index (κ2) is 5.51. The van der Waals surface area contributed by atoms with E-state index in [1.165, 1.54) is 4.57 Å². The maximum absolute atomic E-state index is 13.0. The van der Waals surface area contributed by atoms with E-state index in [0.717, 1.165) is 5.69 Å². The third-order valence-corrected chi connectivity index (χ3v) is 3.81. The zero-order chi connectivity index (χ0) is 15.9. The Labute approximate surface area is 132 Å². The molecule has 22 heavy (non-hydrogen) atoms. The summed E-state index contributed by atoms with van der Waals surface area (Å²) in [5, 5.41) is 0.762. The van der Waals surface area contributed by atoms with Crippen LogP contribution >= 0.6 is 11.6 Å². The summed E-state index contributed by atoms with van der Waals surface area (Å²) in [6.45, 7) is 3.63. The van der Waals surface area contributed by atoms with E-state index in [-0.39, 0.29) is 5.56 Å². The second-order valence-corrected chi connectivity index (χ2v) is 5.55. The molecule has 0 spiro atoms. The van der Waals surface area contributed by atoms with Gasteiger partial charge in [-0.3, -0.25) is 14.3 Å². The SMILES string of the molecule is Cc1ncccc1-n1c([C@H](C)N)nc2cccc(Cl)c2c1=O. The van der Waals surface area contributed by atoms with E-state index in [2.05, 4.69) is 9.97 Å². The Kier molecular flexibility index (Phi) is 3.68.